The Balaban J connectivity index is 2.39. The molecular formula is C40H63N5O17. The number of carbonyl (C=O) groups is 6. The number of carbonyl (C=O) groups excluding carboxylic acids is 6. The first-order valence-electron chi connectivity index (χ1n) is 19.8. The summed E-state index contributed by atoms with van der Waals surface area (Å²) < 4.78 is 56.2. The van der Waals surface area contributed by atoms with E-state index in [1.54, 1.807) is 83.1 Å². The molecule has 3 heterocycles. The van der Waals surface area contributed by atoms with Crippen LogP contribution in [0.2, 0.25) is 0 Å². The molecule has 0 unspecified atom stereocenters. The highest BCUT2D eigenvalue weighted by Crippen LogP contribution is 2.40. The van der Waals surface area contributed by atoms with Crippen LogP contribution in [0.1, 0.15) is 125 Å². The summed E-state index contributed by atoms with van der Waals surface area (Å²) in [5.74, 6) is -1.31. The molecule has 0 bridgehead atoms. The number of aromatic amines is 1. The van der Waals surface area contributed by atoms with E-state index < -0.39 is 131 Å². The summed E-state index contributed by atoms with van der Waals surface area (Å²) in [5.41, 5.74) is -8.28. The lowest BCUT2D eigenvalue weighted by Crippen LogP contribution is -2.70. The second-order valence-electron chi connectivity index (χ2n) is 20.3. The molecule has 2 aliphatic rings. The zero-order chi connectivity index (χ0) is 47.7. The van der Waals surface area contributed by atoms with Crippen molar-refractivity contribution >= 4 is 54.2 Å². The number of hydrogen-bond donors (Lipinski definition) is 2. The van der Waals surface area contributed by atoms with E-state index in [0.29, 0.717) is 4.90 Å². The van der Waals surface area contributed by atoms with Gasteiger partial charge in [-0.25, -0.2) is 33.7 Å². The summed E-state index contributed by atoms with van der Waals surface area (Å²) in [5, 5.41) is 2.87. The maximum atomic E-state index is 14.4. The molecule has 0 saturated carbocycles. The Kier molecular flexibility index (Phi) is 14.8. The molecule has 62 heavy (non-hydrogen) atoms. The van der Waals surface area contributed by atoms with Crippen LogP contribution < -0.4 is 20.7 Å². The standard InChI is InChI=1S/C40H63N5O17/c1-35(2,3)57-29(47)44-25-22(26(46)43-28(42-25)45(30(48)58-36(4,5)6)31(49)59-37(7,8)9)41-21-24(56-34(52)62-40(16,17)18)23(55-33(51)61-39(13,14)15)20(54-27(21)44)19-53-32(50)60-38(10,11)12/h20-21,23-24,27,41H,19H2,1-18H3,(H,42,43,46)/t20-,21+,23+,24-,27-/m1/s1. The van der Waals surface area contributed by atoms with Crippen molar-refractivity contribution in [1.29, 1.82) is 0 Å². The van der Waals surface area contributed by atoms with Gasteiger partial charge in [0.2, 0.25) is 5.95 Å². The molecule has 1 saturated heterocycles. The van der Waals surface area contributed by atoms with Crippen LogP contribution in [0.4, 0.5) is 46.2 Å². The largest absolute Gasteiger partial charge is 0.509 e. The number of H-pyrrole nitrogens is 1. The van der Waals surface area contributed by atoms with Crippen molar-refractivity contribution in [2.45, 2.75) is 189 Å². The number of aromatic nitrogens is 2. The molecule has 0 aliphatic carbocycles. The topological polar surface area (TPSA) is 259 Å². The summed E-state index contributed by atoms with van der Waals surface area (Å²) >= 11 is 0. The van der Waals surface area contributed by atoms with Gasteiger partial charge >= 0.3 is 36.7 Å². The molecule has 1 aromatic heterocycles. The normalized spacial score (nSPS) is 20.5. The zero-order valence-electron chi connectivity index (χ0n) is 38.9. The Bertz CT molecular complexity index is 1880. The SMILES string of the molecule is CC(C)(C)OC(=O)OC[C@H]1O[C@@H]2[C@@H](Nc3c(nc(N(C(=O)OC(C)(C)C)C(=O)OC(C)(C)C)[nH]c3=O)N2C(=O)OC(C)(C)C)[C@@H](OC(=O)OC(C)(C)C)[C@H]1OC(=O)OC(C)(C)C. The van der Waals surface area contributed by atoms with Gasteiger partial charge in [-0.1, -0.05) is 0 Å². The Morgan fingerprint density at radius 3 is 1.47 bits per heavy atom. The lowest BCUT2D eigenvalue weighted by atomic mass is 9.93. The van der Waals surface area contributed by atoms with Gasteiger partial charge in [0.25, 0.3) is 5.56 Å². The fourth-order valence-electron chi connectivity index (χ4n) is 5.42. The van der Waals surface area contributed by atoms with Gasteiger partial charge in [-0.05, 0) is 125 Å². The van der Waals surface area contributed by atoms with Crippen LogP contribution in [0, 0.1) is 0 Å². The fourth-order valence-corrected chi connectivity index (χ4v) is 5.42. The number of ether oxygens (including phenoxy) is 10. The average molecular weight is 886 g/mol. The second kappa shape index (κ2) is 18.1. The predicted octanol–water partition coefficient (Wildman–Crippen LogP) is 7.30. The molecule has 22 heteroatoms. The molecule has 0 spiro atoms. The quantitative estimate of drug-likeness (QED) is 0.217. The Hall–Kier alpha value is -5.54. The molecule has 3 rings (SSSR count). The van der Waals surface area contributed by atoms with Gasteiger partial charge in [0, 0.05) is 0 Å². The molecule has 0 aromatic carbocycles. The zero-order valence-corrected chi connectivity index (χ0v) is 38.9. The highest BCUT2D eigenvalue weighted by molar-refractivity contribution is 6.08. The van der Waals surface area contributed by atoms with E-state index in [4.69, 9.17) is 47.4 Å². The number of fused-ring (bicyclic) bond motifs is 2. The van der Waals surface area contributed by atoms with E-state index in [1.807, 2.05) is 0 Å². The van der Waals surface area contributed by atoms with E-state index in [-0.39, 0.29) is 0 Å². The van der Waals surface area contributed by atoms with Gasteiger partial charge in [0.15, 0.2) is 24.3 Å². The van der Waals surface area contributed by atoms with Gasteiger partial charge in [-0.15, -0.1) is 4.90 Å². The smallest absolute Gasteiger partial charge is 0.443 e. The lowest BCUT2D eigenvalue weighted by molar-refractivity contribution is -0.202. The van der Waals surface area contributed by atoms with Crippen molar-refractivity contribution in [3.05, 3.63) is 10.4 Å². The van der Waals surface area contributed by atoms with E-state index in [2.05, 4.69) is 15.3 Å². The van der Waals surface area contributed by atoms with Crippen LogP contribution in [0.3, 0.4) is 0 Å². The van der Waals surface area contributed by atoms with Crippen molar-refractivity contribution in [1.82, 2.24) is 9.97 Å². The number of imide groups is 1. The van der Waals surface area contributed by atoms with E-state index in [0.717, 1.165) is 4.90 Å². The first kappa shape index (κ1) is 50.8. The molecule has 22 nitrogen and oxygen atoms in total. The molecule has 0 radical (unpaired) electrons. The molecule has 350 valence electrons. The monoisotopic (exact) mass is 885 g/mol. The van der Waals surface area contributed by atoms with Crippen molar-refractivity contribution in [2.24, 2.45) is 0 Å². The molecule has 1 fully saturated rings. The highest BCUT2D eigenvalue weighted by atomic mass is 16.8. The number of nitrogens with zero attached hydrogens (tertiary/aromatic N) is 3. The van der Waals surface area contributed by atoms with Crippen LogP contribution in [0.15, 0.2) is 4.79 Å². The van der Waals surface area contributed by atoms with Crippen molar-refractivity contribution in [2.75, 3.05) is 21.7 Å². The number of rotatable bonds is 5. The van der Waals surface area contributed by atoms with Gasteiger partial charge < -0.3 is 52.7 Å². The lowest BCUT2D eigenvalue weighted by Gasteiger charge is -2.50. The summed E-state index contributed by atoms with van der Waals surface area (Å²) in [4.78, 5) is 103. The minimum Gasteiger partial charge on any atom is -0.443 e. The Labute approximate surface area is 360 Å². The van der Waals surface area contributed by atoms with Crippen LogP contribution >= 0.6 is 0 Å². The molecule has 3 amide bonds. The van der Waals surface area contributed by atoms with Gasteiger partial charge in [0.1, 0.15) is 58.0 Å². The van der Waals surface area contributed by atoms with Crippen LogP contribution in [0.5, 0.6) is 0 Å². The Morgan fingerprint density at radius 2 is 1.03 bits per heavy atom. The summed E-state index contributed by atoms with van der Waals surface area (Å²) in [6, 6.07) is -1.55. The predicted molar refractivity (Wildman–Crippen MR) is 219 cm³/mol. The molecular weight excluding hydrogens is 822 g/mol. The van der Waals surface area contributed by atoms with Crippen molar-refractivity contribution < 1.29 is 76.1 Å². The number of nitrogens with one attached hydrogen (secondary N) is 2. The van der Waals surface area contributed by atoms with Crippen molar-refractivity contribution in [3.8, 4) is 0 Å². The van der Waals surface area contributed by atoms with Crippen LogP contribution in [0.25, 0.3) is 0 Å². The number of hydrogen-bond acceptors (Lipinski definition) is 19. The molecule has 2 aliphatic heterocycles. The van der Waals surface area contributed by atoms with Crippen LogP contribution in [-0.4, -0.2) is 118 Å². The fraction of sp³-hybridized carbons (Fsp3) is 0.750. The van der Waals surface area contributed by atoms with E-state index in [9.17, 15) is 33.6 Å². The highest BCUT2D eigenvalue weighted by Gasteiger charge is 2.58. The third kappa shape index (κ3) is 15.1. The van der Waals surface area contributed by atoms with Gasteiger partial charge in [0.05, 0.1) is 0 Å². The summed E-state index contributed by atoms with van der Waals surface area (Å²) in [6.07, 6.45) is -14.3. The van der Waals surface area contributed by atoms with E-state index in [1.165, 1.54) is 41.5 Å². The molecule has 5 atom stereocenters. The number of anilines is 3. The maximum Gasteiger partial charge on any atom is 0.509 e. The first-order chi connectivity index (χ1) is 27.8. The second-order valence-corrected chi connectivity index (χ2v) is 20.3. The number of amides is 3. The summed E-state index contributed by atoms with van der Waals surface area (Å²) in [6.45, 7) is 27.3. The Morgan fingerprint density at radius 1 is 0.613 bits per heavy atom. The van der Waals surface area contributed by atoms with Crippen LogP contribution in [-0.2, 0) is 47.4 Å². The average Bonchev–Trinajstić information content (AvgIpc) is 2.99. The third-order valence-electron chi connectivity index (χ3n) is 7.30. The third-order valence-corrected chi connectivity index (χ3v) is 7.30. The molecule has 2 N–H and O–H groups in total. The van der Waals surface area contributed by atoms with Gasteiger partial charge in [-0.3, -0.25) is 9.78 Å². The minimum atomic E-state index is -1.75. The summed E-state index contributed by atoms with van der Waals surface area (Å²) in [7, 11) is 0. The molecule has 1 aromatic rings. The van der Waals surface area contributed by atoms with Crippen molar-refractivity contribution in [3.63, 3.8) is 0 Å². The van der Waals surface area contributed by atoms with Gasteiger partial charge in [-0.2, -0.15) is 4.98 Å². The first-order valence-corrected chi connectivity index (χ1v) is 19.8. The minimum absolute atomic E-state index is 0.329. The van der Waals surface area contributed by atoms with E-state index >= 15 is 0 Å². The maximum absolute atomic E-state index is 14.4.